The number of aryl methyl sites for hydroxylation is 1. The first-order valence-electron chi connectivity index (χ1n) is 9.34. The number of carbonyl (C=O) groups excluding carboxylic acids is 2. The molecule has 0 bridgehead atoms. The normalized spacial score (nSPS) is 10.4. The highest BCUT2D eigenvalue weighted by atomic mass is 16.5. The highest BCUT2D eigenvalue weighted by Crippen LogP contribution is 2.15. The summed E-state index contributed by atoms with van der Waals surface area (Å²) in [5, 5.41) is 2.81. The standard InChI is InChI=1S/C23H24N2O4/c1-17-5-3-6-19(13-17)16-29-20-10-8-18(9-11-20)14-24-22(26)15-25(2)23(27)21-7-4-12-28-21/h3-13H,14-16H2,1-2H3,(H,24,26). The number of carbonyl (C=O) groups is 2. The van der Waals surface area contributed by atoms with Crippen molar-refractivity contribution in [1.82, 2.24) is 10.2 Å². The molecule has 1 heterocycles. The molecule has 0 saturated carbocycles. The second-order valence-electron chi connectivity index (χ2n) is 6.84. The first kappa shape index (κ1) is 20.2. The van der Waals surface area contributed by atoms with Gasteiger partial charge in [0.25, 0.3) is 5.91 Å². The number of nitrogens with zero attached hydrogens (tertiary/aromatic N) is 1. The number of furan rings is 1. The molecular formula is C23H24N2O4. The average molecular weight is 392 g/mol. The lowest BCUT2D eigenvalue weighted by molar-refractivity contribution is -0.121. The van der Waals surface area contributed by atoms with Gasteiger partial charge in [-0.15, -0.1) is 0 Å². The number of ether oxygens (including phenoxy) is 1. The predicted octanol–water partition coefficient (Wildman–Crippen LogP) is 3.56. The van der Waals surface area contributed by atoms with Gasteiger partial charge >= 0.3 is 0 Å². The van der Waals surface area contributed by atoms with Crippen molar-refractivity contribution in [3.05, 3.63) is 89.4 Å². The van der Waals surface area contributed by atoms with Crippen molar-refractivity contribution in [3.8, 4) is 5.75 Å². The Kier molecular flexibility index (Phi) is 6.68. The van der Waals surface area contributed by atoms with Crippen LogP contribution in [0.15, 0.2) is 71.3 Å². The van der Waals surface area contributed by atoms with Crippen molar-refractivity contribution in [2.24, 2.45) is 0 Å². The summed E-state index contributed by atoms with van der Waals surface area (Å²) in [4.78, 5) is 25.5. The van der Waals surface area contributed by atoms with Crippen LogP contribution in [-0.4, -0.2) is 30.3 Å². The van der Waals surface area contributed by atoms with E-state index >= 15 is 0 Å². The van der Waals surface area contributed by atoms with Gasteiger partial charge in [0, 0.05) is 13.6 Å². The summed E-state index contributed by atoms with van der Waals surface area (Å²) in [5.41, 5.74) is 3.27. The monoisotopic (exact) mass is 392 g/mol. The van der Waals surface area contributed by atoms with Gasteiger partial charge in [-0.1, -0.05) is 42.0 Å². The minimum atomic E-state index is -0.333. The van der Waals surface area contributed by atoms with Crippen molar-refractivity contribution < 1.29 is 18.7 Å². The first-order valence-corrected chi connectivity index (χ1v) is 9.34. The highest BCUT2D eigenvalue weighted by Gasteiger charge is 2.16. The van der Waals surface area contributed by atoms with Gasteiger partial charge in [0.15, 0.2) is 5.76 Å². The van der Waals surface area contributed by atoms with Crippen molar-refractivity contribution in [2.75, 3.05) is 13.6 Å². The molecule has 0 spiro atoms. The number of rotatable bonds is 8. The second-order valence-corrected chi connectivity index (χ2v) is 6.84. The molecule has 0 radical (unpaired) electrons. The number of amides is 2. The van der Waals surface area contributed by atoms with E-state index in [1.165, 1.54) is 16.7 Å². The van der Waals surface area contributed by atoms with Gasteiger partial charge in [0.2, 0.25) is 5.91 Å². The minimum absolute atomic E-state index is 0.0444. The molecule has 1 N–H and O–H groups in total. The van der Waals surface area contributed by atoms with Crippen LogP contribution in [0.3, 0.4) is 0 Å². The lowest BCUT2D eigenvalue weighted by Crippen LogP contribution is -2.37. The van der Waals surface area contributed by atoms with Crippen LogP contribution in [0, 0.1) is 6.92 Å². The SMILES string of the molecule is Cc1cccc(COc2ccc(CNC(=O)CN(C)C(=O)c3ccco3)cc2)c1. The Morgan fingerprint density at radius 2 is 1.83 bits per heavy atom. The van der Waals surface area contributed by atoms with Gasteiger partial charge in [-0.3, -0.25) is 9.59 Å². The van der Waals surface area contributed by atoms with Crippen LogP contribution in [0.1, 0.15) is 27.2 Å². The second kappa shape index (κ2) is 9.59. The maximum Gasteiger partial charge on any atom is 0.289 e. The van der Waals surface area contributed by atoms with Gasteiger partial charge in [-0.2, -0.15) is 0 Å². The molecule has 3 aromatic rings. The van der Waals surface area contributed by atoms with Crippen LogP contribution in [0.25, 0.3) is 0 Å². The molecule has 0 fully saturated rings. The highest BCUT2D eigenvalue weighted by molar-refractivity contribution is 5.94. The number of likely N-dealkylation sites (N-methyl/N-ethyl adjacent to an activating group) is 1. The number of nitrogens with one attached hydrogen (secondary N) is 1. The zero-order chi connectivity index (χ0) is 20.6. The van der Waals surface area contributed by atoms with Crippen LogP contribution in [-0.2, 0) is 17.9 Å². The van der Waals surface area contributed by atoms with Gasteiger partial charge in [-0.25, -0.2) is 0 Å². The van der Waals surface area contributed by atoms with Crippen LogP contribution in [0.2, 0.25) is 0 Å². The molecule has 150 valence electrons. The first-order chi connectivity index (χ1) is 14.0. The Labute approximate surface area is 170 Å². The minimum Gasteiger partial charge on any atom is -0.489 e. The molecule has 29 heavy (non-hydrogen) atoms. The molecular weight excluding hydrogens is 368 g/mol. The third-order valence-electron chi connectivity index (χ3n) is 4.36. The molecule has 0 aliphatic heterocycles. The van der Waals surface area contributed by atoms with Crippen LogP contribution in [0.4, 0.5) is 0 Å². The average Bonchev–Trinajstić information content (AvgIpc) is 3.26. The van der Waals surface area contributed by atoms with E-state index in [9.17, 15) is 9.59 Å². The summed E-state index contributed by atoms with van der Waals surface area (Å²) in [7, 11) is 1.56. The zero-order valence-electron chi connectivity index (χ0n) is 16.6. The number of hydrogen-bond donors (Lipinski definition) is 1. The lowest BCUT2D eigenvalue weighted by Gasteiger charge is -2.15. The Bertz CT molecular complexity index is 949. The molecule has 2 amide bonds. The molecule has 0 unspecified atom stereocenters. The zero-order valence-corrected chi connectivity index (χ0v) is 16.6. The van der Waals surface area contributed by atoms with Crippen molar-refractivity contribution in [1.29, 1.82) is 0 Å². The van der Waals surface area contributed by atoms with Crippen molar-refractivity contribution in [3.63, 3.8) is 0 Å². The van der Waals surface area contributed by atoms with Gasteiger partial charge < -0.3 is 19.4 Å². The Hall–Kier alpha value is -3.54. The molecule has 3 rings (SSSR count). The van der Waals surface area contributed by atoms with E-state index in [1.807, 2.05) is 36.4 Å². The third-order valence-corrected chi connectivity index (χ3v) is 4.36. The van der Waals surface area contributed by atoms with Gasteiger partial charge in [0.1, 0.15) is 12.4 Å². The van der Waals surface area contributed by atoms with Crippen LogP contribution < -0.4 is 10.1 Å². The molecule has 0 atom stereocenters. The summed E-state index contributed by atoms with van der Waals surface area (Å²) in [6.07, 6.45) is 1.43. The molecule has 6 nitrogen and oxygen atoms in total. The van der Waals surface area contributed by atoms with E-state index in [0.29, 0.717) is 13.2 Å². The maximum atomic E-state index is 12.1. The predicted molar refractivity (Wildman–Crippen MR) is 109 cm³/mol. The van der Waals surface area contributed by atoms with Crippen LogP contribution >= 0.6 is 0 Å². The van der Waals surface area contributed by atoms with Gasteiger partial charge in [0.05, 0.1) is 12.8 Å². The Morgan fingerprint density at radius 1 is 1.03 bits per heavy atom. The fourth-order valence-corrected chi connectivity index (χ4v) is 2.80. The molecule has 0 aliphatic rings. The maximum absolute atomic E-state index is 12.1. The smallest absolute Gasteiger partial charge is 0.289 e. The molecule has 6 heteroatoms. The van der Waals surface area contributed by atoms with Crippen molar-refractivity contribution >= 4 is 11.8 Å². The summed E-state index contributed by atoms with van der Waals surface area (Å²) in [6.45, 7) is 2.89. The van der Waals surface area contributed by atoms with E-state index < -0.39 is 0 Å². The lowest BCUT2D eigenvalue weighted by atomic mass is 10.1. The molecule has 2 aromatic carbocycles. The summed E-state index contributed by atoms with van der Waals surface area (Å²) >= 11 is 0. The van der Waals surface area contributed by atoms with Crippen molar-refractivity contribution in [2.45, 2.75) is 20.1 Å². The van der Waals surface area contributed by atoms with E-state index in [2.05, 4.69) is 24.4 Å². The van der Waals surface area contributed by atoms with E-state index in [1.54, 1.807) is 19.2 Å². The number of hydrogen-bond acceptors (Lipinski definition) is 4. The number of benzene rings is 2. The summed E-state index contributed by atoms with van der Waals surface area (Å²) in [5.74, 6) is 0.402. The third kappa shape index (κ3) is 5.97. The topological polar surface area (TPSA) is 71.8 Å². The van der Waals surface area contributed by atoms with Gasteiger partial charge in [-0.05, 0) is 42.3 Å². The Morgan fingerprint density at radius 3 is 2.52 bits per heavy atom. The molecule has 1 aromatic heterocycles. The summed E-state index contributed by atoms with van der Waals surface area (Å²) < 4.78 is 10.9. The van der Waals surface area contributed by atoms with E-state index in [-0.39, 0.29) is 24.1 Å². The molecule has 0 saturated heterocycles. The fourth-order valence-electron chi connectivity index (χ4n) is 2.80. The molecule has 0 aliphatic carbocycles. The van der Waals surface area contributed by atoms with E-state index in [4.69, 9.17) is 9.15 Å². The largest absolute Gasteiger partial charge is 0.489 e. The fraction of sp³-hybridized carbons (Fsp3) is 0.217. The van der Waals surface area contributed by atoms with E-state index in [0.717, 1.165) is 16.9 Å². The summed E-state index contributed by atoms with van der Waals surface area (Å²) in [6, 6.07) is 19.0. The Balaban J connectivity index is 1.43. The van der Waals surface area contributed by atoms with Crippen LogP contribution in [0.5, 0.6) is 5.75 Å². The quantitative estimate of drug-likeness (QED) is 0.636.